The number of rotatable bonds is 6. The summed E-state index contributed by atoms with van der Waals surface area (Å²) in [5.41, 5.74) is 2.42. The zero-order valence-corrected chi connectivity index (χ0v) is 14.6. The molecular weight excluding hydrogens is 324 g/mol. The lowest BCUT2D eigenvalue weighted by atomic mass is 9.90. The predicted octanol–water partition coefficient (Wildman–Crippen LogP) is 4.12. The number of likely N-dealkylation sites (tertiary alicyclic amines) is 1. The summed E-state index contributed by atoms with van der Waals surface area (Å²) in [6, 6.07) is 10.0. The van der Waals surface area contributed by atoms with Crippen molar-refractivity contribution in [2.24, 2.45) is 5.92 Å². The fourth-order valence-electron chi connectivity index (χ4n) is 3.24. The van der Waals surface area contributed by atoms with E-state index in [0.717, 1.165) is 37.4 Å². The summed E-state index contributed by atoms with van der Waals surface area (Å²) in [7, 11) is 1.69. The molecule has 24 heavy (non-hydrogen) atoms. The van der Waals surface area contributed by atoms with E-state index in [4.69, 9.17) is 4.74 Å². The number of hydrogen-bond acceptors (Lipinski definition) is 5. The third kappa shape index (κ3) is 4.33. The molecule has 1 aliphatic heterocycles. The average molecular weight is 346 g/mol. The van der Waals surface area contributed by atoms with Crippen molar-refractivity contribution in [2.75, 3.05) is 20.2 Å². The van der Waals surface area contributed by atoms with Gasteiger partial charge in [0, 0.05) is 18.0 Å². The van der Waals surface area contributed by atoms with Gasteiger partial charge in [0.2, 0.25) is 0 Å². The molecule has 0 atom stereocenters. The van der Waals surface area contributed by atoms with E-state index in [1.807, 2.05) is 17.5 Å². The molecule has 1 saturated heterocycles. The highest BCUT2D eigenvalue weighted by molar-refractivity contribution is 7.13. The number of methoxy groups -OCH3 is 1. The first-order valence-corrected chi connectivity index (χ1v) is 9.09. The van der Waals surface area contributed by atoms with Crippen LogP contribution in [0.2, 0.25) is 0 Å². The first-order valence-electron chi connectivity index (χ1n) is 8.21. The van der Waals surface area contributed by atoms with Gasteiger partial charge in [-0.15, -0.1) is 0 Å². The van der Waals surface area contributed by atoms with Crippen LogP contribution in [0.15, 0.2) is 35.7 Å². The Morgan fingerprint density at radius 1 is 1.25 bits per heavy atom. The molecule has 2 aromatic rings. The topological polar surface area (TPSA) is 55.6 Å². The predicted molar refractivity (Wildman–Crippen MR) is 95.7 cm³/mol. The fraction of sp³-hybridized carbons (Fsp3) is 0.444. The van der Waals surface area contributed by atoms with Gasteiger partial charge in [-0.2, -0.15) is 0 Å². The van der Waals surface area contributed by atoms with Gasteiger partial charge in [0.05, 0.1) is 12.0 Å². The van der Waals surface area contributed by atoms with Crippen molar-refractivity contribution < 1.29 is 9.66 Å². The van der Waals surface area contributed by atoms with Crippen LogP contribution in [0.4, 0.5) is 5.00 Å². The molecule has 1 aliphatic rings. The maximum atomic E-state index is 10.8. The summed E-state index contributed by atoms with van der Waals surface area (Å²) in [6.45, 7) is 2.94. The van der Waals surface area contributed by atoms with Gasteiger partial charge in [-0.05, 0) is 61.5 Å². The highest BCUT2D eigenvalue weighted by atomic mass is 32.1. The Hall–Kier alpha value is -1.92. The number of nitrogens with zero attached hydrogens (tertiary/aromatic N) is 2. The van der Waals surface area contributed by atoms with Crippen LogP contribution in [0, 0.1) is 16.0 Å². The van der Waals surface area contributed by atoms with E-state index in [2.05, 4.69) is 17.0 Å². The molecule has 0 amide bonds. The molecule has 0 spiro atoms. The number of hydrogen-bond donors (Lipinski definition) is 0. The van der Waals surface area contributed by atoms with E-state index < -0.39 is 0 Å². The molecule has 2 heterocycles. The second-order valence-electron chi connectivity index (χ2n) is 6.32. The van der Waals surface area contributed by atoms with Gasteiger partial charge in [0.25, 0.3) is 0 Å². The Morgan fingerprint density at radius 3 is 2.54 bits per heavy atom. The zero-order chi connectivity index (χ0) is 16.9. The maximum absolute atomic E-state index is 10.8. The number of nitro groups is 1. The summed E-state index contributed by atoms with van der Waals surface area (Å²) >= 11 is 1.22. The highest BCUT2D eigenvalue weighted by Crippen LogP contribution is 2.27. The SMILES string of the molecule is COc1ccc(CC2CCN(Cc3csc([N+](=O)[O-])c3)CC2)cc1. The van der Waals surface area contributed by atoms with E-state index in [0.29, 0.717) is 5.92 Å². The lowest BCUT2D eigenvalue weighted by molar-refractivity contribution is -0.380. The van der Waals surface area contributed by atoms with Crippen LogP contribution in [-0.4, -0.2) is 30.0 Å². The maximum Gasteiger partial charge on any atom is 0.324 e. The van der Waals surface area contributed by atoms with Crippen molar-refractivity contribution in [3.63, 3.8) is 0 Å². The van der Waals surface area contributed by atoms with E-state index in [1.165, 1.54) is 29.7 Å². The van der Waals surface area contributed by atoms with E-state index in [9.17, 15) is 10.1 Å². The van der Waals surface area contributed by atoms with Gasteiger partial charge < -0.3 is 4.74 Å². The smallest absolute Gasteiger partial charge is 0.324 e. The third-order valence-electron chi connectivity index (χ3n) is 4.62. The number of piperidine rings is 1. The van der Waals surface area contributed by atoms with Gasteiger partial charge in [-0.25, -0.2) is 0 Å². The van der Waals surface area contributed by atoms with Crippen LogP contribution in [-0.2, 0) is 13.0 Å². The summed E-state index contributed by atoms with van der Waals surface area (Å²) in [4.78, 5) is 12.8. The van der Waals surface area contributed by atoms with Crippen LogP contribution in [0.25, 0.3) is 0 Å². The second kappa shape index (κ2) is 7.77. The van der Waals surface area contributed by atoms with Crippen molar-refractivity contribution >= 4 is 16.3 Å². The molecule has 128 valence electrons. The third-order valence-corrected chi connectivity index (χ3v) is 5.55. The van der Waals surface area contributed by atoms with Crippen LogP contribution in [0.5, 0.6) is 5.75 Å². The zero-order valence-electron chi connectivity index (χ0n) is 13.8. The number of thiophene rings is 1. The molecule has 0 radical (unpaired) electrons. The van der Waals surface area contributed by atoms with Gasteiger partial charge in [-0.1, -0.05) is 23.5 Å². The number of ether oxygens (including phenoxy) is 1. The molecule has 0 aliphatic carbocycles. The largest absolute Gasteiger partial charge is 0.497 e. The summed E-state index contributed by atoms with van der Waals surface area (Å²) < 4.78 is 5.20. The van der Waals surface area contributed by atoms with Crippen LogP contribution in [0.3, 0.4) is 0 Å². The van der Waals surface area contributed by atoms with Gasteiger partial charge >= 0.3 is 5.00 Å². The first-order chi connectivity index (χ1) is 11.6. The van der Waals surface area contributed by atoms with Crippen molar-refractivity contribution in [3.8, 4) is 5.75 Å². The molecule has 5 nitrogen and oxygen atoms in total. The minimum absolute atomic E-state index is 0.236. The van der Waals surface area contributed by atoms with Crippen LogP contribution in [0.1, 0.15) is 24.0 Å². The molecule has 3 rings (SSSR count). The molecule has 0 saturated carbocycles. The Bertz CT molecular complexity index is 676. The molecule has 0 unspecified atom stereocenters. The minimum Gasteiger partial charge on any atom is -0.497 e. The summed E-state index contributed by atoms with van der Waals surface area (Å²) in [6.07, 6.45) is 3.47. The Kier molecular flexibility index (Phi) is 5.48. The van der Waals surface area contributed by atoms with Crippen LogP contribution < -0.4 is 4.74 Å². The van der Waals surface area contributed by atoms with Crippen LogP contribution >= 0.6 is 11.3 Å². The molecule has 6 heteroatoms. The summed E-state index contributed by atoms with van der Waals surface area (Å²) in [5, 5.41) is 12.9. The van der Waals surface area contributed by atoms with Gasteiger partial charge in [0.1, 0.15) is 5.75 Å². The van der Waals surface area contributed by atoms with E-state index >= 15 is 0 Å². The van der Waals surface area contributed by atoms with Crippen molar-refractivity contribution in [1.82, 2.24) is 4.90 Å². The quantitative estimate of drug-likeness (QED) is 0.583. The Balaban J connectivity index is 1.47. The molecule has 1 fully saturated rings. The summed E-state index contributed by atoms with van der Waals surface area (Å²) in [5.74, 6) is 1.62. The molecule has 0 bridgehead atoms. The Morgan fingerprint density at radius 2 is 1.96 bits per heavy atom. The van der Waals surface area contributed by atoms with Crippen molar-refractivity contribution in [1.29, 1.82) is 0 Å². The molecule has 1 aromatic carbocycles. The first kappa shape index (κ1) is 16.9. The molecule has 1 aromatic heterocycles. The molecule has 0 N–H and O–H groups in total. The van der Waals surface area contributed by atoms with Gasteiger partial charge in [0.15, 0.2) is 0 Å². The van der Waals surface area contributed by atoms with Crippen molar-refractivity contribution in [2.45, 2.75) is 25.8 Å². The van der Waals surface area contributed by atoms with E-state index in [1.54, 1.807) is 13.2 Å². The van der Waals surface area contributed by atoms with Crippen molar-refractivity contribution in [3.05, 3.63) is 57.0 Å². The monoisotopic (exact) mass is 346 g/mol. The van der Waals surface area contributed by atoms with E-state index in [-0.39, 0.29) is 9.92 Å². The highest BCUT2D eigenvalue weighted by Gasteiger charge is 2.20. The molecular formula is C18H22N2O3S. The second-order valence-corrected chi connectivity index (χ2v) is 7.21. The Labute approximate surface area is 146 Å². The fourth-order valence-corrected chi connectivity index (χ4v) is 3.96. The normalized spacial score (nSPS) is 16.2. The minimum atomic E-state index is -0.310. The number of benzene rings is 1. The lowest BCUT2D eigenvalue weighted by Gasteiger charge is -2.31. The lowest BCUT2D eigenvalue weighted by Crippen LogP contribution is -2.33. The van der Waals surface area contributed by atoms with Gasteiger partial charge in [-0.3, -0.25) is 15.0 Å². The average Bonchev–Trinajstić information content (AvgIpc) is 3.06. The standard InChI is InChI=1S/C18H22N2O3S/c1-23-17-4-2-14(3-5-17)10-15-6-8-19(9-7-15)12-16-11-18(20(21)22)24-13-16/h2-5,11,13,15H,6-10,12H2,1H3.